The fraction of sp³-hybridized carbons (Fsp3) is 0.529. The number of carbonyl (C=O) groups excluding carboxylic acids is 2. The van der Waals surface area contributed by atoms with Gasteiger partial charge in [-0.1, -0.05) is 6.42 Å². The Morgan fingerprint density at radius 1 is 1.36 bits per heavy atom. The Morgan fingerprint density at radius 2 is 2.12 bits per heavy atom. The van der Waals surface area contributed by atoms with Crippen molar-refractivity contribution in [2.75, 3.05) is 31.1 Å². The van der Waals surface area contributed by atoms with Gasteiger partial charge in [-0.25, -0.2) is 9.18 Å². The Morgan fingerprint density at radius 3 is 2.80 bits per heavy atom. The molecule has 2 aliphatic rings. The maximum absolute atomic E-state index is 14.3. The van der Waals surface area contributed by atoms with Crippen molar-refractivity contribution in [3.05, 3.63) is 24.0 Å². The second kappa shape index (κ2) is 7.69. The molecule has 7 nitrogen and oxygen atoms in total. The van der Waals surface area contributed by atoms with Crippen molar-refractivity contribution >= 4 is 17.7 Å². The van der Waals surface area contributed by atoms with E-state index in [1.54, 1.807) is 11.1 Å². The van der Waals surface area contributed by atoms with E-state index in [4.69, 9.17) is 9.57 Å². The summed E-state index contributed by atoms with van der Waals surface area (Å²) < 4.78 is 19.5. The maximum atomic E-state index is 14.3. The van der Waals surface area contributed by atoms with Crippen LogP contribution in [0.4, 0.5) is 14.9 Å². The molecule has 0 aromatic heterocycles. The zero-order chi connectivity index (χ0) is 17.8. The molecule has 2 heterocycles. The van der Waals surface area contributed by atoms with Gasteiger partial charge >= 0.3 is 6.09 Å². The molecule has 0 bridgehead atoms. The van der Waals surface area contributed by atoms with Gasteiger partial charge in [-0.3, -0.25) is 9.69 Å². The Labute approximate surface area is 145 Å². The number of amides is 2. The van der Waals surface area contributed by atoms with Crippen LogP contribution >= 0.6 is 0 Å². The molecule has 2 saturated heterocycles. The molecule has 1 aromatic carbocycles. The number of hydrogen-bond donors (Lipinski definition) is 1. The predicted molar refractivity (Wildman–Crippen MR) is 88.8 cm³/mol. The van der Waals surface area contributed by atoms with E-state index in [2.05, 4.69) is 5.32 Å². The Balaban J connectivity index is 1.63. The van der Waals surface area contributed by atoms with Crippen LogP contribution in [-0.2, 0) is 9.53 Å². The number of benzene rings is 1. The number of halogens is 1. The van der Waals surface area contributed by atoms with Crippen LogP contribution in [0.3, 0.4) is 0 Å². The zero-order valence-electron chi connectivity index (χ0n) is 14.2. The van der Waals surface area contributed by atoms with Crippen LogP contribution in [0.1, 0.15) is 26.2 Å². The quantitative estimate of drug-likeness (QED) is 0.879. The molecule has 0 aliphatic carbocycles. The molecular formula is C17H22FN3O4. The highest BCUT2D eigenvalue weighted by Crippen LogP contribution is 2.28. The summed E-state index contributed by atoms with van der Waals surface area (Å²) in [6.07, 6.45) is 2.23. The van der Waals surface area contributed by atoms with Crippen LogP contribution in [0.2, 0.25) is 0 Å². The third-order valence-electron chi connectivity index (χ3n) is 4.22. The van der Waals surface area contributed by atoms with Gasteiger partial charge in [0.25, 0.3) is 0 Å². The van der Waals surface area contributed by atoms with E-state index in [0.29, 0.717) is 5.69 Å². The summed E-state index contributed by atoms with van der Waals surface area (Å²) in [6, 6.07) is 4.42. The lowest BCUT2D eigenvalue weighted by Gasteiger charge is -2.26. The monoisotopic (exact) mass is 351 g/mol. The fourth-order valence-electron chi connectivity index (χ4n) is 2.92. The predicted octanol–water partition coefficient (Wildman–Crippen LogP) is 2.07. The molecule has 2 amide bonds. The summed E-state index contributed by atoms with van der Waals surface area (Å²) in [5.74, 6) is -0.575. The van der Waals surface area contributed by atoms with Crippen LogP contribution in [0.5, 0.6) is 5.75 Å². The van der Waals surface area contributed by atoms with Crippen LogP contribution < -0.4 is 15.1 Å². The standard InChI is InChI=1S/C17H22FN3O4/c1-12(22)19-10-14-11-21(17(23)24-14)13-5-6-16(15(18)9-13)25-20-7-3-2-4-8-20/h5-6,9,14H,2-4,7-8,10-11H2,1H3,(H,19,22). The van der Waals surface area contributed by atoms with Gasteiger partial charge in [0.1, 0.15) is 6.10 Å². The minimum absolute atomic E-state index is 0.146. The highest BCUT2D eigenvalue weighted by molar-refractivity contribution is 5.89. The SMILES string of the molecule is CC(=O)NCC1CN(c2ccc(ON3CCCCC3)c(F)c2)C(=O)O1. The van der Waals surface area contributed by atoms with Gasteiger partial charge < -0.3 is 14.9 Å². The number of nitrogens with zero attached hydrogens (tertiary/aromatic N) is 2. The number of piperidine rings is 1. The second-order valence-corrected chi connectivity index (χ2v) is 6.25. The lowest BCUT2D eigenvalue weighted by molar-refractivity contribution is -0.119. The molecular weight excluding hydrogens is 329 g/mol. The van der Waals surface area contributed by atoms with Gasteiger partial charge in [0.2, 0.25) is 5.91 Å². The lowest BCUT2D eigenvalue weighted by atomic mass is 10.2. The van der Waals surface area contributed by atoms with E-state index in [-0.39, 0.29) is 24.7 Å². The van der Waals surface area contributed by atoms with E-state index >= 15 is 0 Å². The first-order chi connectivity index (χ1) is 12.0. The number of rotatable bonds is 5. The van der Waals surface area contributed by atoms with Gasteiger partial charge in [-0.15, -0.1) is 5.06 Å². The normalized spacial score (nSPS) is 21.1. The average molecular weight is 351 g/mol. The molecule has 3 rings (SSSR count). The first-order valence-corrected chi connectivity index (χ1v) is 8.48. The third kappa shape index (κ3) is 4.39. The van der Waals surface area contributed by atoms with E-state index in [9.17, 15) is 14.0 Å². The molecule has 2 aliphatic heterocycles. The van der Waals surface area contributed by atoms with Gasteiger partial charge in [0.05, 0.1) is 18.8 Å². The molecule has 1 N–H and O–H groups in total. The molecule has 1 aromatic rings. The Kier molecular flexibility index (Phi) is 5.37. The highest BCUT2D eigenvalue weighted by atomic mass is 19.1. The molecule has 1 unspecified atom stereocenters. The number of ether oxygens (including phenoxy) is 1. The number of anilines is 1. The molecule has 0 saturated carbocycles. The molecule has 0 radical (unpaired) electrons. The van der Waals surface area contributed by atoms with Crippen molar-refractivity contribution in [1.29, 1.82) is 0 Å². The number of carbonyl (C=O) groups is 2. The lowest BCUT2D eigenvalue weighted by Crippen LogP contribution is -2.33. The molecule has 8 heteroatoms. The van der Waals surface area contributed by atoms with Crippen molar-refractivity contribution in [1.82, 2.24) is 10.4 Å². The number of hydroxylamine groups is 2. The van der Waals surface area contributed by atoms with Gasteiger partial charge in [0.15, 0.2) is 11.6 Å². The number of nitrogens with one attached hydrogen (secondary N) is 1. The van der Waals surface area contributed by atoms with Crippen LogP contribution in [-0.4, -0.2) is 49.3 Å². The summed E-state index contributed by atoms with van der Waals surface area (Å²) in [7, 11) is 0. The maximum Gasteiger partial charge on any atom is 0.414 e. The second-order valence-electron chi connectivity index (χ2n) is 6.25. The Bertz CT molecular complexity index is 649. The first-order valence-electron chi connectivity index (χ1n) is 8.48. The van der Waals surface area contributed by atoms with Crippen molar-refractivity contribution in [2.24, 2.45) is 0 Å². The van der Waals surface area contributed by atoms with Gasteiger partial charge in [-0.05, 0) is 25.0 Å². The molecule has 1 atom stereocenters. The van der Waals surface area contributed by atoms with Gasteiger partial charge in [-0.2, -0.15) is 0 Å². The zero-order valence-corrected chi connectivity index (χ0v) is 14.2. The van der Waals surface area contributed by atoms with Crippen molar-refractivity contribution in [3.63, 3.8) is 0 Å². The summed E-state index contributed by atoms with van der Waals surface area (Å²) in [6.45, 7) is 3.45. The molecule has 2 fully saturated rings. The van der Waals surface area contributed by atoms with E-state index in [0.717, 1.165) is 32.4 Å². The van der Waals surface area contributed by atoms with Crippen LogP contribution in [0.25, 0.3) is 0 Å². The smallest absolute Gasteiger partial charge is 0.414 e. The largest absolute Gasteiger partial charge is 0.442 e. The first kappa shape index (κ1) is 17.5. The highest BCUT2D eigenvalue weighted by Gasteiger charge is 2.32. The van der Waals surface area contributed by atoms with Crippen molar-refractivity contribution < 1.29 is 23.6 Å². The molecule has 25 heavy (non-hydrogen) atoms. The number of hydrogen-bond acceptors (Lipinski definition) is 5. The average Bonchev–Trinajstić information content (AvgIpc) is 2.97. The van der Waals surface area contributed by atoms with E-state index in [1.165, 1.54) is 24.0 Å². The van der Waals surface area contributed by atoms with Crippen molar-refractivity contribution in [3.8, 4) is 5.75 Å². The summed E-state index contributed by atoms with van der Waals surface area (Å²) in [5, 5.41) is 4.36. The minimum atomic E-state index is -0.556. The summed E-state index contributed by atoms with van der Waals surface area (Å²) in [4.78, 5) is 29.9. The van der Waals surface area contributed by atoms with Crippen LogP contribution in [0, 0.1) is 5.82 Å². The Hall–Kier alpha value is -2.35. The van der Waals surface area contributed by atoms with Crippen molar-refractivity contribution in [2.45, 2.75) is 32.3 Å². The van der Waals surface area contributed by atoms with E-state index in [1.807, 2.05) is 0 Å². The summed E-state index contributed by atoms with van der Waals surface area (Å²) in [5.41, 5.74) is 0.402. The van der Waals surface area contributed by atoms with E-state index < -0.39 is 18.0 Å². The summed E-state index contributed by atoms with van der Waals surface area (Å²) >= 11 is 0. The molecule has 136 valence electrons. The number of cyclic esters (lactones) is 1. The fourth-order valence-corrected chi connectivity index (χ4v) is 2.92. The third-order valence-corrected chi connectivity index (χ3v) is 4.22. The van der Waals surface area contributed by atoms with Gasteiger partial charge in [0, 0.05) is 26.1 Å². The molecule has 0 spiro atoms. The van der Waals surface area contributed by atoms with Crippen LogP contribution in [0.15, 0.2) is 18.2 Å². The topological polar surface area (TPSA) is 71.1 Å². The minimum Gasteiger partial charge on any atom is -0.442 e.